The summed E-state index contributed by atoms with van der Waals surface area (Å²) in [6.07, 6.45) is -0.307. The van der Waals surface area contributed by atoms with E-state index in [9.17, 15) is 19.2 Å². The molecule has 0 saturated carbocycles. The number of hydrogen-bond donors (Lipinski definition) is 3. The van der Waals surface area contributed by atoms with Crippen molar-refractivity contribution in [2.45, 2.75) is 32.4 Å². The van der Waals surface area contributed by atoms with Gasteiger partial charge in [-0.2, -0.15) is 0 Å². The molecule has 1 saturated heterocycles. The minimum absolute atomic E-state index is 0.163. The Morgan fingerprint density at radius 2 is 1.81 bits per heavy atom. The van der Waals surface area contributed by atoms with Crippen molar-refractivity contribution in [3.8, 4) is 5.75 Å². The summed E-state index contributed by atoms with van der Waals surface area (Å²) in [5.74, 6) is -1.57. The van der Waals surface area contributed by atoms with Crippen molar-refractivity contribution in [2.75, 3.05) is 59.6 Å². The van der Waals surface area contributed by atoms with Gasteiger partial charge in [0.15, 0.2) is 0 Å². The van der Waals surface area contributed by atoms with E-state index in [4.69, 9.17) is 9.47 Å². The van der Waals surface area contributed by atoms with Crippen LogP contribution in [-0.2, 0) is 19.1 Å². The minimum Gasteiger partial charge on any atom is -0.491 e. The van der Waals surface area contributed by atoms with E-state index in [1.807, 2.05) is 13.8 Å². The molecule has 1 fully saturated rings. The first-order chi connectivity index (χ1) is 17.3. The molecule has 3 N–H and O–H groups in total. The first-order valence-corrected chi connectivity index (χ1v) is 12.4. The van der Waals surface area contributed by atoms with Crippen LogP contribution in [0.25, 0.3) is 0 Å². The average Bonchev–Trinajstić information content (AvgIpc) is 2.86. The number of fused-ring (bicyclic) bond motifs is 1. The Labute approximate surface area is 211 Å². The quantitative estimate of drug-likeness (QED) is 0.499. The van der Waals surface area contributed by atoms with Crippen molar-refractivity contribution in [1.82, 2.24) is 25.8 Å². The number of nitrogens with zero attached hydrogens (tertiary/aromatic N) is 2. The molecule has 4 amide bonds. The van der Waals surface area contributed by atoms with Gasteiger partial charge in [-0.25, -0.2) is 0 Å². The molecule has 0 radical (unpaired) electrons. The highest BCUT2D eigenvalue weighted by Gasteiger charge is 2.31. The summed E-state index contributed by atoms with van der Waals surface area (Å²) < 4.78 is 11.1. The van der Waals surface area contributed by atoms with Crippen molar-refractivity contribution >= 4 is 23.6 Å². The molecule has 0 aromatic heterocycles. The zero-order chi connectivity index (χ0) is 26.1. The van der Waals surface area contributed by atoms with E-state index in [2.05, 4.69) is 20.9 Å². The monoisotopic (exact) mass is 503 g/mol. The van der Waals surface area contributed by atoms with Crippen molar-refractivity contribution in [3.05, 3.63) is 29.8 Å². The fourth-order valence-electron chi connectivity index (χ4n) is 4.08. The molecule has 36 heavy (non-hydrogen) atoms. The van der Waals surface area contributed by atoms with Crippen LogP contribution in [0, 0.1) is 5.92 Å². The van der Waals surface area contributed by atoms with Crippen LogP contribution in [-0.4, -0.2) is 105 Å². The summed E-state index contributed by atoms with van der Waals surface area (Å²) in [6, 6.07) is 4.79. The highest BCUT2D eigenvalue weighted by atomic mass is 16.5. The summed E-state index contributed by atoms with van der Waals surface area (Å²) in [6.45, 7) is 7.99. The zero-order valence-electron chi connectivity index (χ0n) is 21.2. The van der Waals surface area contributed by atoms with Gasteiger partial charge in [-0.1, -0.05) is 26.0 Å². The summed E-state index contributed by atoms with van der Waals surface area (Å²) >= 11 is 0. The van der Waals surface area contributed by atoms with Gasteiger partial charge in [0, 0.05) is 33.2 Å². The molecule has 2 heterocycles. The number of likely N-dealkylation sites (N-methyl/N-ethyl adjacent to an activating group) is 1. The number of benzene rings is 1. The SMILES string of the molecule is CC(C)[C@H]1NC(=O)C[C@@H](C(=O)NCCN2CCOCC2)NC(=O)c2ccccc2OCCN(C)C1=O. The molecule has 2 atom stereocenters. The number of carbonyl (C=O) groups excluding carboxylic acids is 4. The van der Waals surface area contributed by atoms with Gasteiger partial charge in [0.1, 0.15) is 24.4 Å². The van der Waals surface area contributed by atoms with Crippen LogP contribution < -0.4 is 20.7 Å². The van der Waals surface area contributed by atoms with Gasteiger partial charge in [-0.15, -0.1) is 0 Å². The number of morpholine rings is 1. The van der Waals surface area contributed by atoms with Crippen LogP contribution in [0.5, 0.6) is 5.75 Å². The molecule has 198 valence electrons. The van der Waals surface area contributed by atoms with E-state index in [0.29, 0.717) is 32.1 Å². The first-order valence-electron chi connectivity index (χ1n) is 12.4. The summed E-state index contributed by atoms with van der Waals surface area (Å²) in [5, 5.41) is 8.27. The van der Waals surface area contributed by atoms with Gasteiger partial charge in [0.25, 0.3) is 5.91 Å². The number of nitrogens with one attached hydrogen (secondary N) is 3. The summed E-state index contributed by atoms with van der Waals surface area (Å²) in [4.78, 5) is 55.8. The number of para-hydroxylation sites is 1. The fraction of sp³-hybridized carbons (Fsp3) is 0.600. The van der Waals surface area contributed by atoms with Crippen LogP contribution in [0.4, 0.5) is 0 Å². The molecular weight excluding hydrogens is 466 g/mol. The average molecular weight is 504 g/mol. The number of ether oxygens (including phenoxy) is 2. The fourth-order valence-corrected chi connectivity index (χ4v) is 4.08. The molecule has 2 aliphatic heterocycles. The van der Waals surface area contributed by atoms with Crippen molar-refractivity contribution in [1.29, 1.82) is 0 Å². The Kier molecular flexibility index (Phi) is 10.1. The zero-order valence-corrected chi connectivity index (χ0v) is 21.2. The van der Waals surface area contributed by atoms with Crippen molar-refractivity contribution < 1.29 is 28.7 Å². The van der Waals surface area contributed by atoms with Crippen molar-refractivity contribution in [2.24, 2.45) is 5.92 Å². The third-order valence-corrected chi connectivity index (χ3v) is 6.28. The second-order valence-electron chi connectivity index (χ2n) is 9.37. The van der Waals surface area contributed by atoms with Gasteiger partial charge >= 0.3 is 0 Å². The lowest BCUT2D eigenvalue weighted by Crippen LogP contribution is -2.54. The molecule has 11 heteroatoms. The Bertz CT molecular complexity index is 933. The topological polar surface area (TPSA) is 129 Å². The van der Waals surface area contributed by atoms with E-state index in [1.54, 1.807) is 31.3 Å². The second-order valence-corrected chi connectivity index (χ2v) is 9.37. The lowest BCUT2D eigenvalue weighted by Gasteiger charge is -2.29. The lowest BCUT2D eigenvalue weighted by molar-refractivity contribution is -0.137. The molecule has 3 rings (SSSR count). The Morgan fingerprint density at radius 3 is 2.53 bits per heavy atom. The minimum atomic E-state index is -1.13. The van der Waals surface area contributed by atoms with Gasteiger partial charge in [-0.3, -0.25) is 24.1 Å². The number of amides is 4. The van der Waals surface area contributed by atoms with Gasteiger partial charge < -0.3 is 30.3 Å². The molecule has 0 spiro atoms. The van der Waals surface area contributed by atoms with E-state index in [1.165, 1.54) is 4.90 Å². The molecule has 0 aliphatic carbocycles. The van der Waals surface area contributed by atoms with E-state index in [-0.39, 0.29) is 37.0 Å². The van der Waals surface area contributed by atoms with Crippen LogP contribution in [0.1, 0.15) is 30.6 Å². The van der Waals surface area contributed by atoms with Crippen LogP contribution in [0.3, 0.4) is 0 Å². The van der Waals surface area contributed by atoms with E-state index < -0.39 is 29.8 Å². The Hall–Kier alpha value is -3.18. The normalized spacial score (nSPS) is 22.7. The van der Waals surface area contributed by atoms with Crippen LogP contribution in [0.2, 0.25) is 0 Å². The maximum Gasteiger partial charge on any atom is 0.255 e. The maximum atomic E-state index is 13.1. The van der Waals surface area contributed by atoms with Gasteiger partial charge in [-0.05, 0) is 18.1 Å². The van der Waals surface area contributed by atoms with Crippen molar-refractivity contribution in [3.63, 3.8) is 0 Å². The molecule has 11 nitrogen and oxygen atoms in total. The standard InChI is InChI=1S/C25H37N5O6/c1-17(2)22-25(34)29(3)10-15-36-20-7-5-4-6-18(20)23(32)27-19(16-21(31)28-22)24(33)26-8-9-30-11-13-35-14-12-30/h4-7,17,19,22H,8-16H2,1-3H3,(H,26,33)(H,27,32)(H,28,31)/t19-,22+/m0/s1. The highest BCUT2D eigenvalue weighted by molar-refractivity contribution is 6.01. The summed E-state index contributed by atoms with van der Waals surface area (Å²) in [7, 11) is 1.64. The molecular formula is C25H37N5O6. The lowest BCUT2D eigenvalue weighted by atomic mass is 10.0. The predicted octanol–water partition coefficient (Wildman–Crippen LogP) is -0.385. The summed E-state index contributed by atoms with van der Waals surface area (Å²) in [5.41, 5.74) is 0.245. The molecule has 0 bridgehead atoms. The Balaban J connectivity index is 1.78. The molecule has 1 aromatic rings. The number of rotatable bonds is 5. The molecule has 2 aliphatic rings. The second kappa shape index (κ2) is 13.2. The first kappa shape index (κ1) is 27.4. The van der Waals surface area contributed by atoms with Gasteiger partial charge in [0.2, 0.25) is 17.7 Å². The number of hydrogen-bond acceptors (Lipinski definition) is 7. The molecule has 1 aromatic carbocycles. The largest absolute Gasteiger partial charge is 0.491 e. The number of carbonyl (C=O) groups is 4. The predicted molar refractivity (Wildman–Crippen MR) is 132 cm³/mol. The van der Waals surface area contributed by atoms with Crippen LogP contribution in [0.15, 0.2) is 24.3 Å². The Morgan fingerprint density at radius 1 is 1.08 bits per heavy atom. The van der Waals surface area contributed by atoms with Crippen LogP contribution >= 0.6 is 0 Å². The third-order valence-electron chi connectivity index (χ3n) is 6.28. The highest BCUT2D eigenvalue weighted by Crippen LogP contribution is 2.19. The smallest absolute Gasteiger partial charge is 0.255 e. The maximum absolute atomic E-state index is 13.1. The van der Waals surface area contributed by atoms with Gasteiger partial charge in [0.05, 0.1) is 31.7 Å². The van der Waals surface area contributed by atoms with E-state index >= 15 is 0 Å². The third kappa shape index (κ3) is 7.66. The van der Waals surface area contributed by atoms with E-state index in [0.717, 1.165) is 13.1 Å². The molecule has 0 unspecified atom stereocenters.